The number of nitrogens with zero attached hydrogens (tertiary/aromatic N) is 2. The molecule has 1 saturated carbocycles. The van der Waals surface area contributed by atoms with Gasteiger partial charge in [0.25, 0.3) is 0 Å². The molecule has 1 saturated heterocycles. The average molecular weight is 400 g/mol. The first-order chi connectivity index (χ1) is 14.1. The van der Waals surface area contributed by atoms with E-state index in [9.17, 15) is 9.59 Å². The number of rotatable bonds is 6. The molecule has 2 aliphatic rings. The number of ether oxygens (including phenoxy) is 2. The molecule has 156 valence electrons. The van der Waals surface area contributed by atoms with Crippen molar-refractivity contribution < 1.29 is 19.1 Å². The van der Waals surface area contributed by atoms with Crippen molar-refractivity contribution in [2.45, 2.75) is 64.1 Å². The Morgan fingerprint density at radius 3 is 2.72 bits per heavy atom. The summed E-state index contributed by atoms with van der Waals surface area (Å²) in [5.74, 6) is -0.754. The van der Waals surface area contributed by atoms with Crippen molar-refractivity contribution in [1.82, 2.24) is 9.55 Å². The zero-order valence-corrected chi connectivity index (χ0v) is 17.0. The normalized spacial score (nSPS) is 19.6. The van der Waals surface area contributed by atoms with Crippen molar-refractivity contribution in [3.05, 3.63) is 18.0 Å². The average Bonchev–Trinajstić information content (AvgIpc) is 3.44. The van der Waals surface area contributed by atoms with E-state index in [1.807, 2.05) is 10.6 Å². The number of carbonyl (C=O) groups excluding carboxylic acids is 2. The largest absolute Gasteiger partial charge is 0.464 e. The molecular weight excluding hydrogens is 372 g/mol. The molecule has 8 heteroatoms. The van der Waals surface area contributed by atoms with E-state index < -0.39 is 5.97 Å². The number of hydrogen-bond acceptors (Lipinski definition) is 6. The van der Waals surface area contributed by atoms with E-state index in [-0.39, 0.29) is 12.0 Å². The van der Waals surface area contributed by atoms with Crippen molar-refractivity contribution in [2.75, 3.05) is 24.4 Å². The van der Waals surface area contributed by atoms with Crippen molar-refractivity contribution in [2.24, 2.45) is 0 Å². The third kappa shape index (κ3) is 4.07. The van der Waals surface area contributed by atoms with Crippen LogP contribution in [0.2, 0.25) is 0 Å². The molecule has 1 amide bonds. The van der Waals surface area contributed by atoms with E-state index in [1.165, 1.54) is 26.9 Å². The Kier molecular flexibility index (Phi) is 5.71. The summed E-state index contributed by atoms with van der Waals surface area (Å²) < 4.78 is 12.6. The topological polar surface area (TPSA) is 94.5 Å². The van der Waals surface area contributed by atoms with Crippen LogP contribution >= 0.6 is 0 Å². The van der Waals surface area contributed by atoms with Gasteiger partial charge in [0.1, 0.15) is 5.65 Å². The molecule has 2 aromatic heterocycles. The van der Waals surface area contributed by atoms with Crippen LogP contribution in [-0.4, -0.2) is 47.3 Å². The van der Waals surface area contributed by atoms with Gasteiger partial charge in [0.2, 0.25) is 5.91 Å². The Bertz CT molecular complexity index is 911. The van der Waals surface area contributed by atoms with Crippen molar-refractivity contribution >= 4 is 34.3 Å². The molecule has 0 unspecified atom stereocenters. The predicted molar refractivity (Wildman–Crippen MR) is 110 cm³/mol. The molecule has 1 aliphatic carbocycles. The maximum absolute atomic E-state index is 12.7. The van der Waals surface area contributed by atoms with Crippen LogP contribution in [0.5, 0.6) is 0 Å². The highest BCUT2D eigenvalue weighted by Crippen LogP contribution is 2.34. The van der Waals surface area contributed by atoms with Crippen LogP contribution in [0.25, 0.3) is 11.0 Å². The van der Waals surface area contributed by atoms with Gasteiger partial charge in [0, 0.05) is 25.0 Å². The van der Waals surface area contributed by atoms with Gasteiger partial charge in [-0.05, 0) is 31.7 Å². The Morgan fingerprint density at radius 1 is 1.28 bits per heavy atom. The van der Waals surface area contributed by atoms with Crippen molar-refractivity contribution in [3.8, 4) is 0 Å². The maximum atomic E-state index is 12.7. The second-order valence-electron chi connectivity index (χ2n) is 7.86. The summed E-state index contributed by atoms with van der Waals surface area (Å²) in [6.07, 6.45) is 8.48. The minimum Gasteiger partial charge on any atom is -0.464 e. The summed E-state index contributed by atoms with van der Waals surface area (Å²) in [5.41, 5.74) is 2.28. The monoisotopic (exact) mass is 400 g/mol. The van der Waals surface area contributed by atoms with E-state index in [2.05, 4.69) is 15.6 Å². The smallest absolute Gasteiger partial charge is 0.356 e. The summed E-state index contributed by atoms with van der Waals surface area (Å²) in [5, 5.41) is 7.09. The molecule has 1 atom stereocenters. The van der Waals surface area contributed by atoms with Crippen molar-refractivity contribution in [3.63, 3.8) is 0 Å². The van der Waals surface area contributed by atoms with Gasteiger partial charge in [0.15, 0.2) is 5.69 Å². The van der Waals surface area contributed by atoms with Gasteiger partial charge in [0.05, 0.1) is 37.3 Å². The van der Waals surface area contributed by atoms with E-state index in [0.29, 0.717) is 29.6 Å². The first-order valence-electron chi connectivity index (χ1n) is 10.3. The van der Waals surface area contributed by atoms with Crippen LogP contribution in [0.4, 0.5) is 11.4 Å². The number of carbonyl (C=O) groups is 2. The number of amides is 1. The minimum absolute atomic E-state index is 0.0114. The molecule has 3 heterocycles. The summed E-state index contributed by atoms with van der Waals surface area (Å²) in [6, 6.07) is 2.40. The van der Waals surface area contributed by atoms with E-state index in [1.54, 1.807) is 6.20 Å². The van der Waals surface area contributed by atoms with E-state index in [0.717, 1.165) is 43.4 Å². The summed E-state index contributed by atoms with van der Waals surface area (Å²) in [7, 11) is 1.34. The van der Waals surface area contributed by atoms with Gasteiger partial charge in [-0.25, -0.2) is 9.78 Å². The lowest BCUT2D eigenvalue weighted by atomic mass is 10.2. The van der Waals surface area contributed by atoms with Gasteiger partial charge in [-0.2, -0.15) is 0 Å². The minimum atomic E-state index is -0.505. The van der Waals surface area contributed by atoms with Gasteiger partial charge in [-0.3, -0.25) is 4.79 Å². The molecule has 29 heavy (non-hydrogen) atoms. The molecule has 2 aromatic rings. The van der Waals surface area contributed by atoms with Crippen molar-refractivity contribution in [1.29, 1.82) is 0 Å². The number of esters is 1. The van der Waals surface area contributed by atoms with Crippen LogP contribution in [0.15, 0.2) is 12.3 Å². The zero-order chi connectivity index (χ0) is 20.4. The number of anilines is 2. The first kappa shape index (κ1) is 19.7. The highest BCUT2D eigenvalue weighted by Gasteiger charge is 2.28. The lowest BCUT2D eigenvalue weighted by molar-refractivity contribution is -0.114. The van der Waals surface area contributed by atoms with Crippen LogP contribution in [0, 0.1) is 0 Å². The second kappa shape index (κ2) is 8.41. The Morgan fingerprint density at radius 2 is 2.07 bits per heavy atom. The standard InChI is InChI=1S/C21H28N4O4/c1-13(26)23-18-17-10-15(24-14-6-3-4-7-14)11-22-20(17)25(19(18)21(27)28-2)12-16-8-5-9-29-16/h10-11,14,16,24H,3-9,12H2,1-2H3,(H,23,26)/t16-/m0/s1. The molecule has 0 radical (unpaired) electrons. The SMILES string of the molecule is COC(=O)c1c(NC(C)=O)c2cc(NC3CCCC3)cnc2n1C[C@@H]1CCCO1. The first-order valence-corrected chi connectivity index (χ1v) is 10.3. The van der Waals surface area contributed by atoms with E-state index >= 15 is 0 Å². The molecule has 2 N–H and O–H groups in total. The number of hydrogen-bond donors (Lipinski definition) is 2. The third-order valence-corrected chi connectivity index (χ3v) is 5.71. The van der Waals surface area contributed by atoms with Gasteiger partial charge in [-0.1, -0.05) is 12.8 Å². The predicted octanol–water partition coefficient (Wildman–Crippen LogP) is 3.31. The summed E-state index contributed by atoms with van der Waals surface area (Å²) in [6.45, 7) is 2.64. The molecule has 0 aromatic carbocycles. The fourth-order valence-electron chi connectivity index (χ4n) is 4.39. The van der Waals surface area contributed by atoms with Crippen LogP contribution < -0.4 is 10.6 Å². The Hall–Kier alpha value is -2.61. The maximum Gasteiger partial charge on any atom is 0.356 e. The third-order valence-electron chi connectivity index (χ3n) is 5.71. The second-order valence-corrected chi connectivity index (χ2v) is 7.86. The molecule has 2 fully saturated rings. The summed E-state index contributed by atoms with van der Waals surface area (Å²) in [4.78, 5) is 29.2. The number of methoxy groups -OCH3 is 1. The van der Waals surface area contributed by atoms with Gasteiger partial charge in [-0.15, -0.1) is 0 Å². The number of aromatic nitrogens is 2. The lowest BCUT2D eigenvalue weighted by Gasteiger charge is -2.15. The molecular formula is C21H28N4O4. The lowest BCUT2D eigenvalue weighted by Crippen LogP contribution is -2.21. The highest BCUT2D eigenvalue weighted by molar-refractivity contribution is 6.10. The number of nitrogens with one attached hydrogen (secondary N) is 2. The van der Waals surface area contributed by atoms with Gasteiger partial charge >= 0.3 is 5.97 Å². The van der Waals surface area contributed by atoms with Crippen LogP contribution in [0.1, 0.15) is 55.9 Å². The van der Waals surface area contributed by atoms with E-state index in [4.69, 9.17) is 9.47 Å². The van der Waals surface area contributed by atoms with Crippen LogP contribution in [-0.2, 0) is 20.8 Å². The molecule has 1 aliphatic heterocycles. The Labute approximate surface area is 169 Å². The quantitative estimate of drug-likeness (QED) is 0.723. The number of pyridine rings is 1. The van der Waals surface area contributed by atoms with Gasteiger partial charge < -0.3 is 24.7 Å². The molecule has 0 spiro atoms. The molecule has 4 rings (SSSR count). The fourth-order valence-corrected chi connectivity index (χ4v) is 4.39. The van der Waals surface area contributed by atoms with Crippen LogP contribution in [0.3, 0.4) is 0 Å². The fraction of sp³-hybridized carbons (Fsp3) is 0.571. The highest BCUT2D eigenvalue weighted by atomic mass is 16.5. The summed E-state index contributed by atoms with van der Waals surface area (Å²) >= 11 is 0. The Balaban J connectivity index is 1.81. The molecule has 8 nitrogen and oxygen atoms in total. The zero-order valence-electron chi connectivity index (χ0n) is 17.0. The molecule has 0 bridgehead atoms. The number of fused-ring (bicyclic) bond motifs is 1.